The highest BCUT2D eigenvalue weighted by molar-refractivity contribution is 7.89. The van der Waals surface area contributed by atoms with E-state index in [9.17, 15) is 13.2 Å². The molecule has 1 saturated carbocycles. The molecule has 1 heterocycles. The fourth-order valence-corrected chi connectivity index (χ4v) is 5.56. The van der Waals surface area contributed by atoms with E-state index in [0.717, 1.165) is 12.8 Å². The summed E-state index contributed by atoms with van der Waals surface area (Å²) in [5.41, 5.74) is 0. The molecular formula is C17H24N2O4S. The minimum Gasteiger partial charge on any atom is -0.379 e. The number of carbonyl (C=O) groups excluding carboxylic acids is 1. The van der Waals surface area contributed by atoms with Gasteiger partial charge in [-0.3, -0.25) is 4.79 Å². The Morgan fingerprint density at radius 3 is 2.38 bits per heavy atom. The van der Waals surface area contributed by atoms with Crippen molar-refractivity contribution < 1.29 is 17.9 Å². The summed E-state index contributed by atoms with van der Waals surface area (Å²) in [5, 5.41) is 2.95. The van der Waals surface area contributed by atoms with Crippen LogP contribution in [0.4, 0.5) is 0 Å². The fourth-order valence-electron chi connectivity index (χ4n) is 3.98. The third-order valence-corrected chi connectivity index (χ3v) is 7.00. The quantitative estimate of drug-likeness (QED) is 0.884. The van der Waals surface area contributed by atoms with Crippen molar-refractivity contribution in [2.45, 2.75) is 36.8 Å². The molecule has 0 radical (unpaired) electrons. The average Bonchev–Trinajstić information content (AvgIpc) is 2.98. The number of benzene rings is 1. The monoisotopic (exact) mass is 352 g/mol. The number of methoxy groups -OCH3 is 1. The van der Waals surface area contributed by atoms with Gasteiger partial charge in [-0.05, 0) is 36.8 Å². The maximum Gasteiger partial charge on any atom is 0.243 e. The van der Waals surface area contributed by atoms with Gasteiger partial charge in [0.15, 0.2) is 0 Å². The van der Waals surface area contributed by atoms with Gasteiger partial charge in [-0.1, -0.05) is 18.2 Å². The molecule has 0 bridgehead atoms. The highest BCUT2D eigenvalue weighted by Gasteiger charge is 2.45. The summed E-state index contributed by atoms with van der Waals surface area (Å²) in [4.78, 5) is 11.7. The van der Waals surface area contributed by atoms with E-state index in [-0.39, 0.29) is 29.9 Å². The second-order valence-corrected chi connectivity index (χ2v) is 8.65. The van der Waals surface area contributed by atoms with Crippen LogP contribution < -0.4 is 5.32 Å². The molecule has 132 valence electrons. The predicted octanol–water partition coefficient (Wildman–Crippen LogP) is 1.24. The van der Waals surface area contributed by atoms with Crippen LogP contribution in [0, 0.1) is 11.8 Å². The Hall–Kier alpha value is -1.44. The molecule has 1 aliphatic heterocycles. The Bertz CT molecular complexity index is 692. The van der Waals surface area contributed by atoms with Gasteiger partial charge >= 0.3 is 0 Å². The van der Waals surface area contributed by atoms with E-state index in [1.807, 2.05) is 6.07 Å². The summed E-state index contributed by atoms with van der Waals surface area (Å²) in [6, 6.07) is 8.51. The Balaban J connectivity index is 1.76. The minimum absolute atomic E-state index is 0.0480. The molecule has 7 heteroatoms. The van der Waals surface area contributed by atoms with Gasteiger partial charge in [0.25, 0.3) is 0 Å². The van der Waals surface area contributed by atoms with Gasteiger partial charge in [-0.2, -0.15) is 4.31 Å². The Morgan fingerprint density at radius 1 is 1.17 bits per heavy atom. The summed E-state index contributed by atoms with van der Waals surface area (Å²) >= 11 is 0. The zero-order chi connectivity index (χ0) is 17.3. The summed E-state index contributed by atoms with van der Waals surface area (Å²) in [6.07, 6.45) is 1.46. The smallest absolute Gasteiger partial charge is 0.243 e. The molecule has 2 fully saturated rings. The first-order chi connectivity index (χ1) is 11.4. The number of hydrogen-bond acceptors (Lipinski definition) is 4. The molecule has 1 saturated heterocycles. The normalized spacial score (nSPS) is 30.8. The van der Waals surface area contributed by atoms with Crippen molar-refractivity contribution in [3.63, 3.8) is 0 Å². The molecule has 4 atom stereocenters. The Labute approximate surface area is 143 Å². The van der Waals surface area contributed by atoms with Crippen LogP contribution in [0.5, 0.6) is 0 Å². The van der Waals surface area contributed by atoms with Crippen LogP contribution in [0.25, 0.3) is 0 Å². The number of rotatable bonds is 4. The maximum absolute atomic E-state index is 12.8. The molecule has 1 aliphatic carbocycles. The van der Waals surface area contributed by atoms with Crippen LogP contribution in [-0.4, -0.2) is 51.0 Å². The van der Waals surface area contributed by atoms with Gasteiger partial charge in [0.2, 0.25) is 15.9 Å². The van der Waals surface area contributed by atoms with E-state index < -0.39 is 10.0 Å². The van der Waals surface area contributed by atoms with Crippen LogP contribution in [0.15, 0.2) is 35.2 Å². The third-order valence-electron chi connectivity index (χ3n) is 5.16. The lowest BCUT2D eigenvalue weighted by Gasteiger charge is -2.37. The molecular weight excluding hydrogens is 328 g/mol. The molecule has 24 heavy (non-hydrogen) atoms. The zero-order valence-electron chi connectivity index (χ0n) is 14.0. The molecule has 1 aromatic carbocycles. The van der Waals surface area contributed by atoms with Crippen LogP contribution in [0.3, 0.4) is 0 Å². The van der Waals surface area contributed by atoms with Gasteiger partial charge in [0.05, 0.1) is 17.0 Å². The highest BCUT2D eigenvalue weighted by Crippen LogP contribution is 2.39. The second-order valence-electron chi connectivity index (χ2n) is 6.71. The lowest BCUT2D eigenvalue weighted by atomic mass is 9.77. The predicted molar refractivity (Wildman–Crippen MR) is 89.8 cm³/mol. The summed E-state index contributed by atoms with van der Waals surface area (Å²) < 4.78 is 32.7. The standard InChI is InChI=1S/C17H24N2O4S/c1-12(20)18-16-8-13-10-19(11-14(13)9-17(16)23-2)24(21,22)15-6-4-3-5-7-15/h3-7,13-14,16-17H,8-11H2,1-2H3,(H,18,20)/t13-,14+,16-,17-/m1/s1. The second kappa shape index (κ2) is 6.82. The Morgan fingerprint density at radius 2 is 1.79 bits per heavy atom. The van der Waals surface area contributed by atoms with Crippen LogP contribution >= 0.6 is 0 Å². The molecule has 1 aromatic rings. The summed E-state index contributed by atoms with van der Waals surface area (Å²) in [6.45, 7) is 2.53. The number of ether oxygens (including phenoxy) is 1. The molecule has 2 aliphatic rings. The van der Waals surface area contributed by atoms with Gasteiger partial charge in [-0.15, -0.1) is 0 Å². The van der Waals surface area contributed by atoms with E-state index in [4.69, 9.17) is 4.74 Å². The van der Waals surface area contributed by atoms with Crippen LogP contribution in [0.2, 0.25) is 0 Å². The molecule has 3 rings (SSSR count). The van der Waals surface area contributed by atoms with E-state index >= 15 is 0 Å². The van der Waals surface area contributed by atoms with Crippen molar-refractivity contribution in [1.29, 1.82) is 0 Å². The van der Waals surface area contributed by atoms with Crippen molar-refractivity contribution in [2.75, 3.05) is 20.2 Å². The third kappa shape index (κ3) is 3.34. The average molecular weight is 352 g/mol. The zero-order valence-corrected chi connectivity index (χ0v) is 14.8. The number of sulfonamides is 1. The molecule has 1 amide bonds. The largest absolute Gasteiger partial charge is 0.379 e. The summed E-state index contributed by atoms with van der Waals surface area (Å²) in [7, 11) is -1.81. The molecule has 6 nitrogen and oxygen atoms in total. The number of fused-ring (bicyclic) bond motifs is 1. The minimum atomic E-state index is -3.46. The van der Waals surface area contributed by atoms with Gasteiger partial charge in [-0.25, -0.2) is 8.42 Å². The highest BCUT2D eigenvalue weighted by atomic mass is 32.2. The van der Waals surface area contributed by atoms with Crippen molar-refractivity contribution in [3.8, 4) is 0 Å². The maximum atomic E-state index is 12.8. The van der Waals surface area contributed by atoms with Crippen LogP contribution in [-0.2, 0) is 19.6 Å². The lowest BCUT2D eigenvalue weighted by molar-refractivity contribution is -0.121. The fraction of sp³-hybridized carbons (Fsp3) is 0.588. The van der Waals surface area contributed by atoms with Gasteiger partial charge in [0, 0.05) is 27.1 Å². The number of amides is 1. The SMILES string of the molecule is CO[C@@H]1C[C@H]2CN(S(=O)(=O)c3ccccc3)C[C@H]2C[C@H]1NC(C)=O. The molecule has 0 spiro atoms. The van der Waals surface area contributed by atoms with Crippen molar-refractivity contribution in [2.24, 2.45) is 11.8 Å². The van der Waals surface area contributed by atoms with E-state index in [1.165, 1.54) is 6.92 Å². The van der Waals surface area contributed by atoms with Crippen LogP contribution in [0.1, 0.15) is 19.8 Å². The first kappa shape index (κ1) is 17.4. The van der Waals surface area contributed by atoms with E-state index in [2.05, 4.69) is 5.32 Å². The first-order valence-electron chi connectivity index (χ1n) is 8.27. The Kier molecular flexibility index (Phi) is 4.94. The molecule has 0 unspecified atom stereocenters. The van der Waals surface area contributed by atoms with Gasteiger partial charge < -0.3 is 10.1 Å². The van der Waals surface area contributed by atoms with Crippen molar-refractivity contribution in [1.82, 2.24) is 9.62 Å². The molecule has 0 aromatic heterocycles. The van der Waals surface area contributed by atoms with E-state index in [1.54, 1.807) is 35.7 Å². The molecule has 1 N–H and O–H groups in total. The van der Waals surface area contributed by atoms with Crippen molar-refractivity contribution >= 4 is 15.9 Å². The van der Waals surface area contributed by atoms with Crippen molar-refractivity contribution in [3.05, 3.63) is 30.3 Å². The number of hydrogen-bond donors (Lipinski definition) is 1. The van der Waals surface area contributed by atoms with Gasteiger partial charge in [0.1, 0.15) is 0 Å². The number of carbonyl (C=O) groups is 1. The topological polar surface area (TPSA) is 75.7 Å². The van der Waals surface area contributed by atoms with E-state index in [0.29, 0.717) is 18.0 Å². The summed E-state index contributed by atoms with van der Waals surface area (Å²) in [5.74, 6) is 0.456. The lowest BCUT2D eigenvalue weighted by Crippen LogP contribution is -2.49. The number of nitrogens with zero attached hydrogens (tertiary/aromatic N) is 1. The first-order valence-corrected chi connectivity index (χ1v) is 9.71. The number of nitrogens with one attached hydrogen (secondary N) is 1.